The molecule has 3 rings (SSSR count). The lowest BCUT2D eigenvalue weighted by Gasteiger charge is -2.05. The van der Waals surface area contributed by atoms with Crippen LogP contribution < -0.4 is 5.73 Å². The van der Waals surface area contributed by atoms with Crippen molar-refractivity contribution in [1.29, 1.82) is 0 Å². The lowest BCUT2D eigenvalue weighted by molar-refractivity contribution is -0.385. The number of halogens is 1. The Morgan fingerprint density at radius 1 is 1.41 bits per heavy atom. The van der Waals surface area contributed by atoms with E-state index in [9.17, 15) is 14.5 Å². The number of non-ortho nitro benzene ring substituents is 1. The minimum Gasteiger partial charge on any atom is -0.368 e. The van der Waals surface area contributed by atoms with Gasteiger partial charge in [-0.1, -0.05) is 0 Å². The molecular weight excluding hydrogens is 291 g/mol. The van der Waals surface area contributed by atoms with E-state index in [1.807, 2.05) is 0 Å². The third kappa shape index (κ3) is 2.32. The first-order valence-corrected chi connectivity index (χ1v) is 6.34. The second-order valence-corrected chi connectivity index (χ2v) is 4.74. The number of rotatable bonds is 3. The number of nitro groups is 1. The lowest BCUT2D eigenvalue weighted by atomic mass is 10.2. The zero-order valence-electron chi connectivity index (χ0n) is 11.5. The van der Waals surface area contributed by atoms with Gasteiger partial charge in [0.25, 0.3) is 5.69 Å². The first-order valence-electron chi connectivity index (χ1n) is 6.34. The Morgan fingerprint density at radius 2 is 2.18 bits per heavy atom. The van der Waals surface area contributed by atoms with E-state index in [-0.39, 0.29) is 23.7 Å². The molecule has 0 aliphatic rings. The maximum Gasteiger partial charge on any atom is 0.272 e. The Morgan fingerprint density at radius 3 is 2.86 bits per heavy atom. The molecule has 1 aromatic carbocycles. The van der Waals surface area contributed by atoms with Gasteiger partial charge in [-0.2, -0.15) is 10.1 Å². The molecule has 0 unspecified atom stereocenters. The Kier molecular flexibility index (Phi) is 3.17. The van der Waals surface area contributed by atoms with Crippen molar-refractivity contribution < 1.29 is 9.31 Å². The number of nitrogens with zero attached hydrogens (tertiary/aromatic N) is 5. The summed E-state index contributed by atoms with van der Waals surface area (Å²) in [5.74, 6) is -0.562. The van der Waals surface area contributed by atoms with Crippen molar-refractivity contribution in [1.82, 2.24) is 19.7 Å². The highest BCUT2D eigenvalue weighted by atomic mass is 19.1. The molecule has 22 heavy (non-hydrogen) atoms. The summed E-state index contributed by atoms with van der Waals surface area (Å²) in [6, 6.07) is 3.49. The highest BCUT2D eigenvalue weighted by molar-refractivity contribution is 5.78. The molecule has 0 atom stereocenters. The summed E-state index contributed by atoms with van der Waals surface area (Å²) < 4.78 is 15.4. The third-order valence-electron chi connectivity index (χ3n) is 3.27. The largest absolute Gasteiger partial charge is 0.368 e. The van der Waals surface area contributed by atoms with Crippen LogP contribution >= 0.6 is 0 Å². The van der Waals surface area contributed by atoms with Crippen molar-refractivity contribution in [2.45, 2.75) is 13.5 Å². The van der Waals surface area contributed by atoms with Gasteiger partial charge in [-0.25, -0.2) is 14.1 Å². The normalized spacial score (nSPS) is 11.0. The second-order valence-electron chi connectivity index (χ2n) is 4.74. The molecule has 0 aliphatic heterocycles. The van der Waals surface area contributed by atoms with Gasteiger partial charge in [0, 0.05) is 11.6 Å². The first kappa shape index (κ1) is 13.9. The average Bonchev–Trinajstić information content (AvgIpc) is 2.84. The minimum absolute atomic E-state index is 0.0865. The van der Waals surface area contributed by atoms with E-state index in [1.165, 1.54) is 16.8 Å². The molecule has 0 saturated carbocycles. The highest BCUT2D eigenvalue weighted by Crippen LogP contribution is 2.20. The molecule has 0 saturated heterocycles. The van der Waals surface area contributed by atoms with Gasteiger partial charge >= 0.3 is 0 Å². The Balaban J connectivity index is 2.02. The number of nitrogen functional groups attached to an aromatic ring is 1. The van der Waals surface area contributed by atoms with Gasteiger partial charge in [-0.05, 0) is 13.0 Å². The molecule has 0 bridgehead atoms. The second kappa shape index (κ2) is 5.02. The number of benzene rings is 1. The highest BCUT2D eigenvalue weighted by Gasteiger charge is 2.14. The summed E-state index contributed by atoms with van der Waals surface area (Å²) in [4.78, 5) is 18.1. The molecule has 9 heteroatoms. The maximum absolute atomic E-state index is 14.0. The SMILES string of the molecule is Cc1nc(N)nc2c1cnn2Cc1ccc([N+](=O)[O-])cc1F. The topological polar surface area (TPSA) is 113 Å². The molecule has 0 spiro atoms. The fourth-order valence-electron chi connectivity index (χ4n) is 2.17. The molecule has 2 heterocycles. The quantitative estimate of drug-likeness (QED) is 0.583. The van der Waals surface area contributed by atoms with Crippen LogP contribution in [0.5, 0.6) is 0 Å². The third-order valence-corrected chi connectivity index (χ3v) is 3.27. The number of nitro benzene ring substituents is 1. The van der Waals surface area contributed by atoms with Gasteiger partial charge < -0.3 is 5.73 Å². The summed E-state index contributed by atoms with van der Waals surface area (Å²) in [7, 11) is 0. The predicted molar refractivity (Wildman–Crippen MR) is 76.6 cm³/mol. The Bertz CT molecular complexity index is 892. The van der Waals surface area contributed by atoms with Crippen LogP contribution in [0.1, 0.15) is 11.3 Å². The number of fused-ring (bicyclic) bond motifs is 1. The van der Waals surface area contributed by atoms with Crippen molar-refractivity contribution in [3.63, 3.8) is 0 Å². The van der Waals surface area contributed by atoms with Crippen LogP contribution in [-0.2, 0) is 6.54 Å². The van der Waals surface area contributed by atoms with E-state index in [0.717, 1.165) is 11.5 Å². The minimum atomic E-state index is -0.670. The van der Waals surface area contributed by atoms with Crippen LogP contribution in [0, 0.1) is 22.9 Å². The summed E-state index contributed by atoms with van der Waals surface area (Å²) in [6.45, 7) is 1.86. The average molecular weight is 302 g/mol. The maximum atomic E-state index is 14.0. The number of anilines is 1. The smallest absolute Gasteiger partial charge is 0.272 e. The van der Waals surface area contributed by atoms with Crippen molar-refractivity contribution in [3.8, 4) is 0 Å². The van der Waals surface area contributed by atoms with Gasteiger partial charge in [0.1, 0.15) is 5.82 Å². The van der Waals surface area contributed by atoms with E-state index >= 15 is 0 Å². The summed E-state index contributed by atoms with van der Waals surface area (Å²) in [5, 5.41) is 15.5. The Hall–Kier alpha value is -3.10. The van der Waals surface area contributed by atoms with E-state index in [2.05, 4.69) is 15.1 Å². The fourth-order valence-corrected chi connectivity index (χ4v) is 2.17. The van der Waals surface area contributed by atoms with E-state index in [4.69, 9.17) is 5.73 Å². The molecule has 2 aromatic heterocycles. The van der Waals surface area contributed by atoms with Gasteiger partial charge in [-0.3, -0.25) is 10.1 Å². The van der Waals surface area contributed by atoms with Gasteiger partial charge in [0.15, 0.2) is 5.65 Å². The van der Waals surface area contributed by atoms with E-state index in [0.29, 0.717) is 11.3 Å². The zero-order chi connectivity index (χ0) is 15.9. The monoisotopic (exact) mass is 302 g/mol. The first-order chi connectivity index (χ1) is 10.5. The molecule has 0 fully saturated rings. The number of aromatic nitrogens is 4. The number of hydrogen-bond acceptors (Lipinski definition) is 6. The molecule has 3 aromatic rings. The lowest BCUT2D eigenvalue weighted by Crippen LogP contribution is -2.06. The van der Waals surface area contributed by atoms with Crippen molar-refractivity contribution >= 4 is 22.7 Å². The fraction of sp³-hybridized carbons (Fsp3) is 0.154. The molecule has 0 radical (unpaired) electrons. The van der Waals surface area contributed by atoms with Gasteiger partial charge in [0.2, 0.25) is 5.95 Å². The van der Waals surface area contributed by atoms with Gasteiger partial charge in [-0.15, -0.1) is 0 Å². The number of hydrogen-bond donors (Lipinski definition) is 1. The molecule has 2 N–H and O–H groups in total. The summed E-state index contributed by atoms with van der Waals surface area (Å²) in [5.41, 5.74) is 6.76. The summed E-state index contributed by atoms with van der Waals surface area (Å²) in [6.07, 6.45) is 1.58. The van der Waals surface area contributed by atoms with Crippen molar-refractivity contribution in [2.75, 3.05) is 5.73 Å². The molecule has 0 aliphatic carbocycles. The van der Waals surface area contributed by atoms with Crippen LogP contribution in [-0.4, -0.2) is 24.7 Å². The Labute approximate surface area is 123 Å². The van der Waals surface area contributed by atoms with Crippen LogP contribution in [0.3, 0.4) is 0 Å². The van der Waals surface area contributed by atoms with Crippen LogP contribution in [0.2, 0.25) is 0 Å². The number of nitrogens with two attached hydrogens (primary N) is 1. The summed E-state index contributed by atoms with van der Waals surface area (Å²) >= 11 is 0. The van der Waals surface area contributed by atoms with Crippen LogP contribution in [0.15, 0.2) is 24.4 Å². The van der Waals surface area contributed by atoms with E-state index in [1.54, 1.807) is 13.1 Å². The van der Waals surface area contributed by atoms with Gasteiger partial charge in [0.05, 0.1) is 34.8 Å². The number of aryl methyl sites for hydroxylation is 1. The molecule has 112 valence electrons. The zero-order valence-corrected chi connectivity index (χ0v) is 11.5. The van der Waals surface area contributed by atoms with E-state index < -0.39 is 10.7 Å². The van der Waals surface area contributed by atoms with Crippen molar-refractivity contribution in [2.24, 2.45) is 0 Å². The van der Waals surface area contributed by atoms with Crippen molar-refractivity contribution in [3.05, 3.63) is 51.6 Å². The molecule has 8 nitrogen and oxygen atoms in total. The predicted octanol–water partition coefficient (Wildman–Crippen LogP) is 1.81. The standard InChI is InChI=1S/C13H11FN6O2/c1-7-10-5-16-19(12(10)18-13(15)17-7)6-8-2-3-9(20(21)22)4-11(8)14/h2-5H,6H2,1H3,(H2,15,17,18). The van der Waals surface area contributed by atoms with Crippen LogP contribution in [0.4, 0.5) is 16.0 Å². The molecule has 0 amide bonds. The molecular formula is C13H11FN6O2. The van der Waals surface area contributed by atoms with Crippen LogP contribution in [0.25, 0.3) is 11.0 Å².